The van der Waals surface area contributed by atoms with Crippen LogP contribution >= 0.6 is 0 Å². The summed E-state index contributed by atoms with van der Waals surface area (Å²) in [5.41, 5.74) is 5.10. The smallest absolute Gasteiger partial charge is 0.276 e. The van der Waals surface area contributed by atoms with Crippen molar-refractivity contribution < 1.29 is 4.79 Å². The van der Waals surface area contributed by atoms with Crippen LogP contribution in [0.3, 0.4) is 0 Å². The number of pyridine rings is 2. The van der Waals surface area contributed by atoms with Gasteiger partial charge in [-0.3, -0.25) is 4.79 Å². The zero-order chi connectivity index (χ0) is 22.9. The van der Waals surface area contributed by atoms with E-state index < -0.39 is 0 Å². The van der Waals surface area contributed by atoms with E-state index in [1.54, 1.807) is 15.3 Å². The van der Waals surface area contributed by atoms with Crippen molar-refractivity contribution in [3.8, 4) is 17.1 Å². The van der Waals surface area contributed by atoms with Crippen molar-refractivity contribution in [1.29, 1.82) is 0 Å². The Labute approximate surface area is 190 Å². The average molecular weight is 438 g/mol. The summed E-state index contributed by atoms with van der Waals surface area (Å²) in [6.07, 6.45) is 3.35. The first-order chi connectivity index (χ1) is 16.0. The lowest BCUT2D eigenvalue weighted by molar-refractivity contribution is 0.102. The standard InChI is InChI=1S/C24H22N8O/c1-16-6-4-9-23(27-16)32-21(17-10-11-22-25-15-26-31(22)14-17)13-20(29-32)24(33)28-18-7-5-8-19(12-18)30(2)3/h4-15H,1-3H3,(H,28,33). The molecular formula is C24H22N8O. The minimum absolute atomic E-state index is 0.280. The Morgan fingerprint density at radius 1 is 1.03 bits per heavy atom. The number of aryl methyl sites for hydroxylation is 1. The molecule has 0 fully saturated rings. The zero-order valence-corrected chi connectivity index (χ0v) is 18.5. The summed E-state index contributed by atoms with van der Waals surface area (Å²) in [6.45, 7) is 1.92. The molecule has 33 heavy (non-hydrogen) atoms. The fourth-order valence-electron chi connectivity index (χ4n) is 3.54. The molecule has 0 saturated heterocycles. The lowest BCUT2D eigenvalue weighted by Gasteiger charge is -2.13. The number of amides is 1. The summed E-state index contributed by atoms with van der Waals surface area (Å²) in [7, 11) is 3.91. The summed E-state index contributed by atoms with van der Waals surface area (Å²) < 4.78 is 3.36. The van der Waals surface area contributed by atoms with Crippen LogP contribution in [-0.2, 0) is 0 Å². The van der Waals surface area contributed by atoms with Gasteiger partial charge in [-0.15, -0.1) is 0 Å². The number of nitrogens with one attached hydrogen (secondary N) is 1. The fraction of sp³-hybridized carbons (Fsp3) is 0.125. The minimum atomic E-state index is -0.305. The van der Waals surface area contributed by atoms with Crippen LogP contribution in [0.25, 0.3) is 22.7 Å². The molecule has 1 aromatic carbocycles. The van der Waals surface area contributed by atoms with Gasteiger partial charge in [0, 0.05) is 42.9 Å². The van der Waals surface area contributed by atoms with Gasteiger partial charge in [0.25, 0.3) is 5.91 Å². The lowest BCUT2D eigenvalue weighted by Crippen LogP contribution is -2.14. The third-order valence-electron chi connectivity index (χ3n) is 5.22. The monoisotopic (exact) mass is 438 g/mol. The second-order valence-corrected chi connectivity index (χ2v) is 7.84. The average Bonchev–Trinajstić information content (AvgIpc) is 3.46. The van der Waals surface area contributed by atoms with E-state index in [1.165, 1.54) is 6.33 Å². The van der Waals surface area contributed by atoms with Crippen molar-refractivity contribution in [2.45, 2.75) is 6.92 Å². The van der Waals surface area contributed by atoms with E-state index >= 15 is 0 Å². The Kier molecular flexibility index (Phi) is 5.06. The number of carbonyl (C=O) groups excluding carboxylic acids is 1. The maximum absolute atomic E-state index is 13.1. The first-order valence-corrected chi connectivity index (χ1v) is 10.4. The summed E-state index contributed by atoms with van der Waals surface area (Å²) in [5, 5.41) is 11.8. The van der Waals surface area contributed by atoms with E-state index in [0.717, 1.165) is 28.3 Å². The molecule has 0 bridgehead atoms. The molecule has 1 N–H and O–H groups in total. The van der Waals surface area contributed by atoms with Crippen molar-refractivity contribution in [1.82, 2.24) is 29.4 Å². The molecule has 0 radical (unpaired) electrons. The molecule has 0 atom stereocenters. The van der Waals surface area contributed by atoms with Gasteiger partial charge in [0.2, 0.25) is 0 Å². The molecule has 0 unspecified atom stereocenters. The lowest BCUT2D eigenvalue weighted by atomic mass is 10.2. The Bertz CT molecular complexity index is 1470. The molecule has 0 aliphatic heterocycles. The molecule has 0 saturated carbocycles. The quantitative estimate of drug-likeness (QED) is 0.451. The van der Waals surface area contributed by atoms with Crippen LogP contribution in [0.2, 0.25) is 0 Å². The second kappa shape index (κ2) is 8.19. The van der Waals surface area contributed by atoms with Gasteiger partial charge in [0.1, 0.15) is 6.33 Å². The van der Waals surface area contributed by atoms with Crippen molar-refractivity contribution >= 4 is 22.9 Å². The molecule has 1 amide bonds. The Hall–Kier alpha value is -4.53. The number of rotatable bonds is 5. The van der Waals surface area contributed by atoms with Crippen LogP contribution in [0.5, 0.6) is 0 Å². The zero-order valence-electron chi connectivity index (χ0n) is 18.5. The summed E-state index contributed by atoms with van der Waals surface area (Å²) in [5.74, 6) is 0.317. The van der Waals surface area contributed by atoms with Gasteiger partial charge in [0.15, 0.2) is 17.2 Å². The molecule has 164 valence electrons. The van der Waals surface area contributed by atoms with E-state index in [1.807, 2.05) is 86.7 Å². The molecule has 4 aromatic heterocycles. The molecule has 9 heteroatoms. The van der Waals surface area contributed by atoms with Crippen LogP contribution in [0.4, 0.5) is 11.4 Å². The Morgan fingerprint density at radius 3 is 2.70 bits per heavy atom. The summed E-state index contributed by atoms with van der Waals surface area (Å²) in [6, 6.07) is 18.9. The topological polar surface area (TPSA) is 93.2 Å². The fourth-order valence-corrected chi connectivity index (χ4v) is 3.54. The van der Waals surface area contributed by atoms with E-state index in [4.69, 9.17) is 0 Å². The van der Waals surface area contributed by atoms with Crippen LogP contribution < -0.4 is 10.2 Å². The van der Waals surface area contributed by atoms with Gasteiger partial charge in [-0.25, -0.2) is 19.2 Å². The highest BCUT2D eigenvalue weighted by atomic mass is 16.2. The number of fused-ring (bicyclic) bond motifs is 1. The van der Waals surface area contributed by atoms with Crippen LogP contribution in [-0.4, -0.2) is 49.4 Å². The van der Waals surface area contributed by atoms with Crippen LogP contribution in [0, 0.1) is 6.92 Å². The molecule has 0 aliphatic rings. The second-order valence-electron chi connectivity index (χ2n) is 7.84. The van der Waals surface area contributed by atoms with Gasteiger partial charge < -0.3 is 10.2 Å². The number of nitrogens with zero attached hydrogens (tertiary/aromatic N) is 7. The van der Waals surface area contributed by atoms with E-state index in [-0.39, 0.29) is 11.6 Å². The SMILES string of the molecule is Cc1cccc(-n2nc(C(=O)Nc3cccc(N(C)C)c3)cc2-c2ccc3ncnn3c2)n1. The van der Waals surface area contributed by atoms with Crippen LogP contribution in [0.15, 0.2) is 73.2 Å². The number of anilines is 2. The minimum Gasteiger partial charge on any atom is -0.378 e. The first-order valence-electron chi connectivity index (χ1n) is 10.4. The third kappa shape index (κ3) is 4.03. The van der Waals surface area contributed by atoms with E-state index in [9.17, 15) is 4.79 Å². The maximum atomic E-state index is 13.1. The number of aromatic nitrogens is 6. The normalized spacial score (nSPS) is 11.0. The van der Waals surface area contributed by atoms with Gasteiger partial charge in [-0.05, 0) is 55.5 Å². The van der Waals surface area contributed by atoms with Gasteiger partial charge in [0.05, 0.1) is 5.69 Å². The number of carbonyl (C=O) groups is 1. The van der Waals surface area contributed by atoms with Crippen molar-refractivity contribution in [3.63, 3.8) is 0 Å². The predicted molar refractivity (Wildman–Crippen MR) is 127 cm³/mol. The molecule has 5 aromatic rings. The third-order valence-corrected chi connectivity index (χ3v) is 5.22. The number of benzene rings is 1. The highest BCUT2D eigenvalue weighted by Crippen LogP contribution is 2.25. The van der Waals surface area contributed by atoms with E-state index in [0.29, 0.717) is 11.5 Å². The largest absolute Gasteiger partial charge is 0.378 e. The highest BCUT2D eigenvalue weighted by molar-refractivity contribution is 6.03. The Balaban J connectivity index is 1.56. The van der Waals surface area contributed by atoms with Gasteiger partial charge in [-0.1, -0.05) is 12.1 Å². The molecule has 9 nitrogen and oxygen atoms in total. The number of hydrogen-bond acceptors (Lipinski definition) is 6. The van der Waals surface area contributed by atoms with Crippen LogP contribution in [0.1, 0.15) is 16.2 Å². The van der Waals surface area contributed by atoms with Gasteiger partial charge in [-0.2, -0.15) is 10.2 Å². The molecule has 5 rings (SSSR count). The predicted octanol–water partition coefficient (Wildman–Crippen LogP) is 3.60. The number of hydrogen-bond donors (Lipinski definition) is 1. The molecule has 0 aliphatic carbocycles. The maximum Gasteiger partial charge on any atom is 0.276 e. The highest BCUT2D eigenvalue weighted by Gasteiger charge is 2.18. The Morgan fingerprint density at radius 2 is 1.88 bits per heavy atom. The van der Waals surface area contributed by atoms with Crippen molar-refractivity contribution in [3.05, 3.63) is 84.6 Å². The first kappa shape index (κ1) is 20.4. The molecule has 4 heterocycles. The molecular weight excluding hydrogens is 416 g/mol. The van der Waals surface area contributed by atoms with Gasteiger partial charge >= 0.3 is 0 Å². The summed E-state index contributed by atoms with van der Waals surface area (Å²) in [4.78, 5) is 23.9. The van der Waals surface area contributed by atoms with E-state index in [2.05, 4.69) is 25.5 Å². The van der Waals surface area contributed by atoms with Crippen molar-refractivity contribution in [2.75, 3.05) is 24.3 Å². The molecule has 0 spiro atoms. The summed E-state index contributed by atoms with van der Waals surface area (Å²) >= 11 is 0. The van der Waals surface area contributed by atoms with Crippen molar-refractivity contribution in [2.24, 2.45) is 0 Å².